The van der Waals surface area contributed by atoms with Gasteiger partial charge in [-0.25, -0.2) is 9.97 Å². The van der Waals surface area contributed by atoms with Gasteiger partial charge < -0.3 is 10.2 Å². The molecule has 1 N–H and O–H groups in total. The number of nitrogens with one attached hydrogen (secondary N) is 1. The Morgan fingerprint density at radius 1 is 1.44 bits per heavy atom. The van der Waals surface area contributed by atoms with Crippen LogP contribution in [0.5, 0.6) is 0 Å². The Labute approximate surface area is 105 Å². The summed E-state index contributed by atoms with van der Waals surface area (Å²) in [6.45, 7) is 4.31. The van der Waals surface area contributed by atoms with Crippen molar-refractivity contribution in [2.24, 2.45) is 0 Å². The first kappa shape index (κ1) is 12.5. The molecule has 18 heavy (non-hydrogen) atoms. The van der Waals surface area contributed by atoms with Crippen LogP contribution in [0.3, 0.4) is 0 Å². The van der Waals surface area contributed by atoms with Gasteiger partial charge in [0.1, 0.15) is 6.33 Å². The summed E-state index contributed by atoms with van der Waals surface area (Å²) in [5.41, 5.74) is -0.00662. The van der Waals surface area contributed by atoms with E-state index in [-0.39, 0.29) is 5.69 Å². The molecule has 2 rings (SSSR count). The smallest absolute Gasteiger partial charge is 0.353 e. The first-order chi connectivity index (χ1) is 8.74. The quantitative estimate of drug-likeness (QED) is 0.634. The van der Waals surface area contributed by atoms with Crippen molar-refractivity contribution in [2.45, 2.75) is 26.2 Å². The molecule has 1 fully saturated rings. The average molecular weight is 251 g/mol. The number of hydrogen-bond donors (Lipinski definition) is 1. The highest BCUT2D eigenvalue weighted by Gasteiger charge is 2.28. The summed E-state index contributed by atoms with van der Waals surface area (Å²) in [5, 5.41) is 14.2. The van der Waals surface area contributed by atoms with Crippen molar-refractivity contribution in [1.82, 2.24) is 9.97 Å². The molecule has 1 saturated heterocycles. The number of rotatable bonds is 5. The van der Waals surface area contributed by atoms with Crippen LogP contribution in [-0.2, 0) is 0 Å². The lowest BCUT2D eigenvalue weighted by Gasteiger charge is -2.16. The van der Waals surface area contributed by atoms with Gasteiger partial charge >= 0.3 is 5.69 Å². The molecule has 98 valence electrons. The van der Waals surface area contributed by atoms with Crippen LogP contribution in [0.25, 0.3) is 0 Å². The van der Waals surface area contributed by atoms with E-state index in [9.17, 15) is 10.1 Å². The van der Waals surface area contributed by atoms with E-state index in [0.717, 1.165) is 32.4 Å². The third-order valence-electron chi connectivity index (χ3n) is 2.93. The molecule has 0 bridgehead atoms. The molecule has 7 heteroatoms. The Morgan fingerprint density at radius 3 is 2.78 bits per heavy atom. The maximum atomic E-state index is 11.2. The van der Waals surface area contributed by atoms with Gasteiger partial charge in [-0.15, -0.1) is 0 Å². The largest absolute Gasteiger partial charge is 0.364 e. The van der Waals surface area contributed by atoms with Crippen LogP contribution in [0.2, 0.25) is 0 Å². The SMILES string of the molecule is CCCNc1ncnc(N2CCCC2)c1[N+](=O)[O-]. The minimum atomic E-state index is -0.397. The molecular formula is C11H17N5O2. The third kappa shape index (κ3) is 2.49. The highest BCUT2D eigenvalue weighted by molar-refractivity contribution is 5.70. The molecule has 1 aromatic heterocycles. The Hall–Kier alpha value is -1.92. The molecule has 0 spiro atoms. The van der Waals surface area contributed by atoms with Gasteiger partial charge in [-0.2, -0.15) is 0 Å². The number of nitrogens with zero attached hydrogens (tertiary/aromatic N) is 4. The van der Waals surface area contributed by atoms with Crippen LogP contribution < -0.4 is 10.2 Å². The second-order valence-electron chi connectivity index (χ2n) is 4.27. The van der Waals surface area contributed by atoms with E-state index in [4.69, 9.17) is 0 Å². The summed E-state index contributed by atoms with van der Waals surface area (Å²) >= 11 is 0. The Morgan fingerprint density at radius 2 is 2.17 bits per heavy atom. The summed E-state index contributed by atoms with van der Waals surface area (Å²) < 4.78 is 0. The van der Waals surface area contributed by atoms with Gasteiger partial charge in [0.2, 0.25) is 11.6 Å². The van der Waals surface area contributed by atoms with Gasteiger partial charge in [0, 0.05) is 19.6 Å². The van der Waals surface area contributed by atoms with Gasteiger partial charge in [0.25, 0.3) is 0 Å². The Balaban J connectivity index is 2.35. The maximum absolute atomic E-state index is 11.2. The first-order valence-corrected chi connectivity index (χ1v) is 6.22. The number of aromatic nitrogens is 2. The molecular weight excluding hydrogens is 234 g/mol. The number of nitro groups is 1. The molecule has 2 heterocycles. The Bertz CT molecular complexity index is 431. The molecule has 7 nitrogen and oxygen atoms in total. The molecule has 1 aliphatic heterocycles. The van der Waals surface area contributed by atoms with Crippen molar-refractivity contribution in [3.63, 3.8) is 0 Å². The minimum Gasteiger partial charge on any atom is -0.364 e. The fourth-order valence-electron chi connectivity index (χ4n) is 2.07. The summed E-state index contributed by atoms with van der Waals surface area (Å²) in [6.07, 6.45) is 4.39. The van der Waals surface area contributed by atoms with Crippen LogP contribution >= 0.6 is 0 Å². The van der Waals surface area contributed by atoms with E-state index in [2.05, 4.69) is 15.3 Å². The molecule has 1 aromatic rings. The van der Waals surface area contributed by atoms with E-state index in [1.165, 1.54) is 6.33 Å². The zero-order valence-corrected chi connectivity index (χ0v) is 10.4. The van der Waals surface area contributed by atoms with Gasteiger partial charge in [0.15, 0.2) is 0 Å². The van der Waals surface area contributed by atoms with E-state index in [1.807, 2.05) is 11.8 Å². The zero-order chi connectivity index (χ0) is 13.0. The van der Waals surface area contributed by atoms with Gasteiger partial charge in [-0.3, -0.25) is 10.1 Å². The van der Waals surface area contributed by atoms with Crippen molar-refractivity contribution < 1.29 is 4.92 Å². The lowest BCUT2D eigenvalue weighted by atomic mass is 10.3. The van der Waals surface area contributed by atoms with Crippen molar-refractivity contribution in [3.05, 3.63) is 16.4 Å². The van der Waals surface area contributed by atoms with E-state index in [1.54, 1.807) is 0 Å². The molecule has 0 aromatic carbocycles. The Kier molecular flexibility index (Phi) is 3.91. The molecule has 0 aliphatic carbocycles. The zero-order valence-electron chi connectivity index (χ0n) is 10.4. The van der Waals surface area contributed by atoms with Gasteiger partial charge in [-0.1, -0.05) is 6.92 Å². The topological polar surface area (TPSA) is 84.2 Å². The first-order valence-electron chi connectivity index (χ1n) is 6.22. The molecule has 0 amide bonds. The molecule has 0 unspecified atom stereocenters. The highest BCUT2D eigenvalue weighted by Crippen LogP contribution is 2.33. The second kappa shape index (κ2) is 5.61. The monoisotopic (exact) mass is 251 g/mol. The predicted molar refractivity (Wildman–Crippen MR) is 68.9 cm³/mol. The lowest BCUT2D eigenvalue weighted by molar-refractivity contribution is -0.383. The lowest BCUT2D eigenvalue weighted by Crippen LogP contribution is -2.21. The van der Waals surface area contributed by atoms with Crippen LogP contribution in [-0.4, -0.2) is 34.5 Å². The second-order valence-corrected chi connectivity index (χ2v) is 4.27. The van der Waals surface area contributed by atoms with Crippen molar-refractivity contribution in [2.75, 3.05) is 29.9 Å². The molecule has 1 aliphatic rings. The molecule has 0 atom stereocenters. The predicted octanol–water partition coefficient (Wildman–Crippen LogP) is 1.81. The third-order valence-corrected chi connectivity index (χ3v) is 2.93. The normalized spacial score (nSPS) is 14.8. The molecule has 0 saturated carbocycles. The van der Waals surface area contributed by atoms with Crippen molar-refractivity contribution in [1.29, 1.82) is 0 Å². The van der Waals surface area contributed by atoms with E-state index in [0.29, 0.717) is 18.2 Å². The standard InChI is InChI=1S/C11H17N5O2/c1-2-5-12-10-9(16(17)18)11(14-8-13-10)15-6-3-4-7-15/h8H,2-7H2,1H3,(H,12,13,14). The summed E-state index contributed by atoms with van der Waals surface area (Å²) in [4.78, 5) is 20.8. The van der Waals surface area contributed by atoms with E-state index >= 15 is 0 Å². The summed E-state index contributed by atoms with van der Waals surface area (Å²) in [5.74, 6) is 0.754. The van der Waals surface area contributed by atoms with Crippen molar-refractivity contribution in [3.8, 4) is 0 Å². The number of hydrogen-bond acceptors (Lipinski definition) is 6. The van der Waals surface area contributed by atoms with E-state index < -0.39 is 4.92 Å². The summed E-state index contributed by atoms with van der Waals surface area (Å²) in [7, 11) is 0. The minimum absolute atomic E-state index is 0.00662. The van der Waals surface area contributed by atoms with Crippen LogP contribution in [0, 0.1) is 10.1 Å². The average Bonchev–Trinajstić information content (AvgIpc) is 2.89. The summed E-state index contributed by atoms with van der Waals surface area (Å²) in [6, 6.07) is 0. The van der Waals surface area contributed by atoms with Crippen molar-refractivity contribution >= 4 is 17.3 Å². The van der Waals surface area contributed by atoms with Gasteiger partial charge in [0.05, 0.1) is 4.92 Å². The number of anilines is 2. The molecule has 0 radical (unpaired) electrons. The maximum Gasteiger partial charge on any atom is 0.353 e. The van der Waals surface area contributed by atoms with Crippen LogP contribution in [0.15, 0.2) is 6.33 Å². The highest BCUT2D eigenvalue weighted by atomic mass is 16.6. The fraction of sp³-hybridized carbons (Fsp3) is 0.636. The van der Waals surface area contributed by atoms with Crippen LogP contribution in [0.4, 0.5) is 17.3 Å². The fourth-order valence-corrected chi connectivity index (χ4v) is 2.07. The van der Waals surface area contributed by atoms with Crippen LogP contribution in [0.1, 0.15) is 26.2 Å². The van der Waals surface area contributed by atoms with Gasteiger partial charge in [-0.05, 0) is 19.3 Å².